The summed E-state index contributed by atoms with van der Waals surface area (Å²) in [4.78, 5) is 20.7. The van der Waals surface area contributed by atoms with Gasteiger partial charge in [0.25, 0.3) is 0 Å². The second-order valence-electron chi connectivity index (χ2n) is 6.34. The molecular weight excluding hydrogens is 250 g/mol. The van der Waals surface area contributed by atoms with Crippen LogP contribution in [0, 0.1) is 12.3 Å². The number of carbonyl (C=O) groups is 1. The summed E-state index contributed by atoms with van der Waals surface area (Å²) < 4.78 is 2.15. The summed E-state index contributed by atoms with van der Waals surface area (Å²) in [5.74, 6) is 1.04. The third-order valence-corrected chi connectivity index (χ3v) is 3.83. The van der Waals surface area contributed by atoms with Crippen molar-refractivity contribution in [3.63, 3.8) is 0 Å². The number of rotatable bonds is 2. The second kappa shape index (κ2) is 4.54. The van der Waals surface area contributed by atoms with Crippen molar-refractivity contribution in [2.24, 2.45) is 5.41 Å². The Morgan fingerprint density at radius 3 is 2.85 bits per heavy atom. The van der Waals surface area contributed by atoms with Gasteiger partial charge >= 0.3 is 0 Å². The third kappa shape index (κ3) is 2.38. The van der Waals surface area contributed by atoms with E-state index in [0.29, 0.717) is 13.0 Å². The van der Waals surface area contributed by atoms with Gasteiger partial charge in [-0.3, -0.25) is 4.79 Å². The topological polar surface area (TPSA) is 47.8 Å². The Kier molecular flexibility index (Phi) is 2.96. The lowest BCUT2D eigenvalue weighted by molar-refractivity contribution is 0.0910. The highest BCUT2D eigenvalue weighted by Gasteiger charge is 2.32. The first-order valence-electron chi connectivity index (χ1n) is 6.94. The van der Waals surface area contributed by atoms with E-state index in [0.717, 1.165) is 29.2 Å². The number of fused-ring (bicyclic) bond motifs is 1. The normalized spacial score (nSPS) is 17.1. The molecule has 0 atom stereocenters. The lowest BCUT2D eigenvalue weighted by Gasteiger charge is -2.29. The lowest BCUT2D eigenvalue weighted by Crippen LogP contribution is -2.28. The molecule has 0 fully saturated rings. The van der Waals surface area contributed by atoms with Crippen molar-refractivity contribution in [3.8, 4) is 0 Å². The SMILES string of the molecule is Cc1nccc(Cn2ccc3c2CC(C)(C)CC3=O)n1. The number of ketones is 1. The van der Waals surface area contributed by atoms with Gasteiger partial charge in [-0.1, -0.05) is 13.8 Å². The average Bonchev–Trinajstić information content (AvgIpc) is 2.71. The monoisotopic (exact) mass is 269 g/mol. The van der Waals surface area contributed by atoms with Gasteiger partial charge in [0.15, 0.2) is 5.78 Å². The molecule has 0 spiro atoms. The van der Waals surface area contributed by atoms with E-state index in [2.05, 4.69) is 28.4 Å². The van der Waals surface area contributed by atoms with Crippen molar-refractivity contribution >= 4 is 5.78 Å². The van der Waals surface area contributed by atoms with E-state index in [1.807, 2.05) is 25.3 Å². The van der Waals surface area contributed by atoms with Gasteiger partial charge in [-0.05, 0) is 30.9 Å². The van der Waals surface area contributed by atoms with Crippen molar-refractivity contribution in [2.75, 3.05) is 0 Å². The van der Waals surface area contributed by atoms with Crippen LogP contribution in [0.2, 0.25) is 0 Å². The fraction of sp³-hybridized carbons (Fsp3) is 0.438. The number of Topliss-reactive ketones (excluding diaryl/α,β-unsaturated/α-hetero) is 1. The van der Waals surface area contributed by atoms with Gasteiger partial charge in [0.1, 0.15) is 5.82 Å². The van der Waals surface area contributed by atoms with E-state index >= 15 is 0 Å². The summed E-state index contributed by atoms with van der Waals surface area (Å²) in [5.41, 5.74) is 3.05. The van der Waals surface area contributed by atoms with Crippen LogP contribution in [0.15, 0.2) is 24.5 Å². The molecule has 104 valence electrons. The third-order valence-electron chi connectivity index (χ3n) is 3.83. The zero-order valence-corrected chi connectivity index (χ0v) is 12.2. The molecule has 2 aromatic heterocycles. The lowest BCUT2D eigenvalue weighted by atomic mass is 9.76. The van der Waals surface area contributed by atoms with Crippen molar-refractivity contribution in [1.82, 2.24) is 14.5 Å². The van der Waals surface area contributed by atoms with Crippen LogP contribution in [0.25, 0.3) is 0 Å². The summed E-state index contributed by atoms with van der Waals surface area (Å²) in [7, 11) is 0. The maximum Gasteiger partial charge on any atom is 0.165 e. The number of carbonyl (C=O) groups excluding carboxylic acids is 1. The molecule has 0 saturated carbocycles. The molecule has 0 N–H and O–H groups in total. The molecule has 4 nitrogen and oxygen atoms in total. The van der Waals surface area contributed by atoms with Crippen LogP contribution >= 0.6 is 0 Å². The molecule has 0 unspecified atom stereocenters. The zero-order valence-electron chi connectivity index (χ0n) is 12.2. The highest BCUT2D eigenvalue weighted by atomic mass is 16.1. The quantitative estimate of drug-likeness (QED) is 0.842. The Bertz CT molecular complexity index is 670. The van der Waals surface area contributed by atoms with E-state index < -0.39 is 0 Å². The Morgan fingerprint density at radius 2 is 2.10 bits per heavy atom. The maximum atomic E-state index is 12.2. The summed E-state index contributed by atoms with van der Waals surface area (Å²) in [6, 6.07) is 3.87. The Morgan fingerprint density at radius 1 is 1.30 bits per heavy atom. The van der Waals surface area contributed by atoms with Crippen LogP contribution in [0.5, 0.6) is 0 Å². The minimum absolute atomic E-state index is 0.0434. The van der Waals surface area contributed by atoms with Crippen molar-refractivity contribution in [3.05, 3.63) is 47.3 Å². The molecule has 0 saturated heterocycles. The van der Waals surface area contributed by atoms with Gasteiger partial charge in [0, 0.05) is 30.1 Å². The molecule has 0 aromatic carbocycles. The Balaban J connectivity index is 1.95. The highest BCUT2D eigenvalue weighted by Crippen LogP contribution is 2.35. The summed E-state index contributed by atoms with van der Waals surface area (Å²) >= 11 is 0. The van der Waals surface area contributed by atoms with E-state index in [1.54, 1.807) is 6.20 Å². The van der Waals surface area contributed by atoms with Crippen LogP contribution in [0.4, 0.5) is 0 Å². The number of hydrogen-bond donors (Lipinski definition) is 0. The Hall–Kier alpha value is -1.97. The van der Waals surface area contributed by atoms with E-state index in [4.69, 9.17) is 0 Å². The van der Waals surface area contributed by atoms with E-state index in [9.17, 15) is 4.79 Å². The van der Waals surface area contributed by atoms with Crippen LogP contribution in [0.1, 0.15) is 47.8 Å². The number of aromatic nitrogens is 3. The molecule has 0 radical (unpaired) electrons. The molecule has 3 rings (SSSR count). The molecule has 0 aliphatic heterocycles. The first-order chi connectivity index (χ1) is 9.44. The van der Waals surface area contributed by atoms with E-state index in [-0.39, 0.29) is 11.2 Å². The maximum absolute atomic E-state index is 12.2. The first-order valence-corrected chi connectivity index (χ1v) is 6.94. The smallest absolute Gasteiger partial charge is 0.165 e. The molecule has 0 amide bonds. The summed E-state index contributed by atoms with van der Waals surface area (Å²) in [6.07, 6.45) is 5.35. The van der Waals surface area contributed by atoms with Crippen LogP contribution in [0.3, 0.4) is 0 Å². The molecule has 20 heavy (non-hydrogen) atoms. The van der Waals surface area contributed by atoms with Crippen molar-refractivity contribution in [2.45, 2.75) is 40.2 Å². The molecule has 4 heteroatoms. The number of nitrogens with zero attached hydrogens (tertiary/aromatic N) is 3. The van der Waals surface area contributed by atoms with Gasteiger partial charge in [-0.25, -0.2) is 9.97 Å². The molecule has 2 aromatic rings. The minimum Gasteiger partial charge on any atom is -0.345 e. The molecule has 1 aliphatic rings. The number of hydrogen-bond acceptors (Lipinski definition) is 3. The molecule has 0 bridgehead atoms. The average molecular weight is 269 g/mol. The van der Waals surface area contributed by atoms with Crippen LogP contribution in [-0.2, 0) is 13.0 Å². The van der Waals surface area contributed by atoms with Crippen LogP contribution < -0.4 is 0 Å². The van der Waals surface area contributed by atoms with Crippen molar-refractivity contribution in [1.29, 1.82) is 0 Å². The summed E-state index contributed by atoms with van der Waals surface area (Å²) in [5, 5.41) is 0. The zero-order chi connectivity index (χ0) is 14.3. The molecular formula is C16H19N3O. The first kappa shape index (κ1) is 13.0. The second-order valence-corrected chi connectivity index (χ2v) is 6.34. The summed E-state index contributed by atoms with van der Waals surface area (Å²) in [6.45, 7) is 6.89. The fourth-order valence-electron chi connectivity index (χ4n) is 2.92. The van der Waals surface area contributed by atoms with Crippen molar-refractivity contribution < 1.29 is 4.79 Å². The van der Waals surface area contributed by atoms with Gasteiger partial charge in [0.2, 0.25) is 0 Å². The highest BCUT2D eigenvalue weighted by molar-refractivity contribution is 5.98. The predicted octanol–water partition coefficient (Wildman–Crippen LogP) is 2.79. The van der Waals surface area contributed by atoms with Gasteiger partial charge in [-0.2, -0.15) is 0 Å². The van der Waals surface area contributed by atoms with Gasteiger partial charge in [-0.15, -0.1) is 0 Å². The van der Waals surface area contributed by atoms with Gasteiger partial charge in [0.05, 0.1) is 12.2 Å². The van der Waals surface area contributed by atoms with Gasteiger partial charge < -0.3 is 4.57 Å². The standard InChI is InChI=1S/C16H19N3O/c1-11-17-6-4-12(18-11)10-19-7-5-13-14(19)8-16(2,3)9-15(13)20/h4-7H,8-10H2,1-3H3. The predicted molar refractivity (Wildman–Crippen MR) is 76.7 cm³/mol. The number of aryl methyl sites for hydroxylation is 1. The van der Waals surface area contributed by atoms with Crippen LogP contribution in [-0.4, -0.2) is 20.3 Å². The Labute approximate surface area is 118 Å². The molecule has 2 heterocycles. The van der Waals surface area contributed by atoms with E-state index in [1.165, 1.54) is 0 Å². The largest absolute Gasteiger partial charge is 0.345 e. The minimum atomic E-state index is 0.0434. The fourth-order valence-corrected chi connectivity index (χ4v) is 2.92. The molecule has 1 aliphatic carbocycles.